The number of phenols is 1. The van der Waals surface area contributed by atoms with E-state index in [9.17, 15) is 9.59 Å². The highest BCUT2D eigenvalue weighted by atomic mass is 16.3. The summed E-state index contributed by atoms with van der Waals surface area (Å²) in [6, 6.07) is 6.51. The van der Waals surface area contributed by atoms with Gasteiger partial charge in [0.1, 0.15) is 5.75 Å². The van der Waals surface area contributed by atoms with Crippen LogP contribution in [0.25, 0.3) is 0 Å². The molecule has 1 heterocycles. The van der Waals surface area contributed by atoms with E-state index in [2.05, 4.69) is 0 Å². The van der Waals surface area contributed by atoms with Crippen molar-refractivity contribution >= 4 is 11.8 Å². The fraction of sp³-hybridized carbons (Fsp3) is 0.385. The van der Waals surface area contributed by atoms with Gasteiger partial charge in [-0.15, -0.1) is 0 Å². The zero-order chi connectivity index (χ0) is 12.6. The SMILES string of the molecule is CC1(C)CC(=O)N(Cc2ccc(O)cc2)C1=O. The summed E-state index contributed by atoms with van der Waals surface area (Å²) in [6.45, 7) is 3.84. The number of phenolic OH excluding ortho intramolecular Hbond substituents is 1. The summed E-state index contributed by atoms with van der Waals surface area (Å²) in [7, 11) is 0. The number of imide groups is 1. The van der Waals surface area contributed by atoms with E-state index in [-0.39, 0.29) is 30.5 Å². The smallest absolute Gasteiger partial charge is 0.235 e. The van der Waals surface area contributed by atoms with Gasteiger partial charge >= 0.3 is 0 Å². The van der Waals surface area contributed by atoms with Crippen LogP contribution >= 0.6 is 0 Å². The van der Waals surface area contributed by atoms with Gasteiger partial charge in [-0.3, -0.25) is 14.5 Å². The Kier molecular flexibility index (Phi) is 2.65. The zero-order valence-electron chi connectivity index (χ0n) is 9.93. The summed E-state index contributed by atoms with van der Waals surface area (Å²) in [5.74, 6) is -0.0863. The fourth-order valence-corrected chi connectivity index (χ4v) is 1.97. The van der Waals surface area contributed by atoms with Gasteiger partial charge in [-0.1, -0.05) is 26.0 Å². The van der Waals surface area contributed by atoms with Crippen molar-refractivity contribution in [2.24, 2.45) is 5.41 Å². The average molecular weight is 233 g/mol. The summed E-state index contributed by atoms with van der Waals surface area (Å²) in [5.41, 5.74) is 0.246. The minimum absolute atomic E-state index is 0.129. The highest BCUT2D eigenvalue weighted by Gasteiger charge is 2.44. The molecule has 4 nitrogen and oxygen atoms in total. The Labute approximate surface area is 99.9 Å². The van der Waals surface area contributed by atoms with Crippen LogP contribution in [0.5, 0.6) is 5.75 Å². The third-order valence-electron chi connectivity index (χ3n) is 3.00. The van der Waals surface area contributed by atoms with Gasteiger partial charge in [0.25, 0.3) is 0 Å². The molecular formula is C13H15NO3. The van der Waals surface area contributed by atoms with Gasteiger partial charge in [0.15, 0.2) is 0 Å². The lowest BCUT2D eigenvalue weighted by atomic mass is 9.92. The van der Waals surface area contributed by atoms with Gasteiger partial charge < -0.3 is 5.11 Å². The number of aromatic hydroxyl groups is 1. The molecule has 0 radical (unpaired) electrons. The van der Waals surface area contributed by atoms with Gasteiger partial charge in [-0.05, 0) is 17.7 Å². The molecule has 90 valence electrons. The number of rotatable bonds is 2. The molecule has 2 amide bonds. The maximum atomic E-state index is 12.0. The molecule has 2 rings (SSSR count). The van der Waals surface area contributed by atoms with Gasteiger partial charge in [0.2, 0.25) is 11.8 Å². The highest BCUT2D eigenvalue weighted by Crippen LogP contribution is 2.32. The second-order valence-corrected chi connectivity index (χ2v) is 5.01. The van der Waals surface area contributed by atoms with Crippen LogP contribution < -0.4 is 0 Å². The third-order valence-corrected chi connectivity index (χ3v) is 3.00. The molecule has 0 atom stereocenters. The van der Waals surface area contributed by atoms with Gasteiger partial charge in [0, 0.05) is 6.42 Å². The largest absolute Gasteiger partial charge is 0.508 e. The summed E-state index contributed by atoms with van der Waals surface area (Å²) in [4.78, 5) is 25.0. The summed E-state index contributed by atoms with van der Waals surface area (Å²) in [6.07, 6.45) is 0.268. The first-order chi connectivity index (χ1) is 7.90. The fourth-order valence-electron chi connectivity index (χ4n) is 1.97. The minimum Gasteiger partial charge on any atom is -0.508 e. The van der Waals surface area contributed by atoms with Gasteiger partial charge in [-0.2, -0.15) is 0 Å². The maximum Gasteiger partial charge on any atom is 0.235 e. The van der Waals surface area contributed by atoms with Crippen molar-refractivity contribution in [1.82, 2.24) is 4.90 Å². The van der Waals surface area contributed by atoms with Crippen molar-refractivity contribution < 1.29 is 14.7 Å². The molecule has 1 saturated heterocycles. The highest BCUT2D eigenvalue weighted by molar-refractivity contribution is 6.05. The second kappa shape index (κ2) is 3.87. The van der Waals surface area contributed by atoms with Crippen LogP contribution in [0.3, 0.4) is 0 Å². The van der Waals surface area contributed by atoms with Crippen LogP contribution in [-0.2, 0) is 16.1 Å². The molecule has 1 fully saturated rings. The van der Waals surface area contributed by atoms with Crippen LogP contribution in [0.4, 0.5) is 0 Å². The average Bonchev–Trinajstić information content (AvgIpc) is 2.44. The van der Waals surface area contributed by atoms with Crippen molar-refractivity contribution in [3.05, 3.63) is 29.8 Å². The molecule has 1 aromatic rings. The first kappa shape index (κ1) is 11.6. The Balaban J connectivity index is 2.17. The molecule has 0 aliphatic carbocycles. The number of benzene rings is 1. The van der Waals surface area contributed by atoms with E-state index in [0.717, 1.165) is 5.56 Å². The molecule has 0 aromatic heterocycles. The number of hydrogen-bond donors (Lipinski definition) is 1. The van der Waals surface area contributed by atoms with Crippen molar-refractivity contribution in [1.29, 1.82) is 0 Å². The summed E-state index contributed by atoms with van der Waals surface area (Å²) >= 11 is 0. The topological polar surface area (TPSA) is 57.6 Å². The van der Waals surface area contributed by atoms with Crippen molar-refractivity contribution in [2.75, 3.05) is 0 Å². The molecule has 17 heavy (non-hydrogen) atoms. The monoisotopic (exact) mass is 233 g/mol. The van der Waals surface area contributed by atoms with E-state index >= 15 is 0 Å². The maximum absolute atomic E-state index is 12.0. The molecule has 1 aromatic carbocycles. The Morgan fingerprint density at radius 1 is 1.24 bits per heavy atom. The first-order valence-electron chi connectivity index (χ1n) is 5.53. The molecule has 1 N–H and O–H groups in total. The summed E-state index contributed by atoms with van der Waals surface area (Å²) < 4.78 is 0. The van der Waals surface area contributed by atoms with Crippen LogP contribution in [0.15, 0.2) is 24.3 Å². The Morgan fingerprint density at radius 3 is 2.29 bits per heavy atom. The van der Waals surface area contributed by atoms with Crippen LogP contribution in [-0.4, -0.2) is 21.8 Å². The number of carbonyl (C=O) groups is 2. The van der Waals surface area contributed by atoms with Crippen molar-refractivity contribution in [2.45, 2.75) is 26.8 Å². The normalized spacial score (nSPS) is 18.8. The van der Waals surface area contributed by atoms with E-state index in [0.29, 0.717) is 0 Å². The number of likely N-dealkylation sites (tertiary alicyclic amines) is 1. The quantitative estimate of drug-likeness (QED) is 0.790. The molecule has 0 spiro atoms. The van der Waals surface area contributed by atoms with Crippen LogP contribution in [0.2, 0.25) is 0 Å². The molecule has 0 bridgehead atoms. The van der Waals surface area contributed by atoms with E-state index in [4.69, 9.17) is 5.11 Å². The number of amides is 2. The molecule has 1 aliphatic heterocycles. The number of carbonyl (C=O) groups excluding carboxylic acids is 2. The van der Waals surface area contributed by atoms with E-state index in [1.807, 2.05) is 0 Å². The zero-order valence-corrected chi connectivity index (χ0v) is 9.93. The van der Waals surface area contributed by atoms with E-state index < -0.39 is 5.41 Å². The first-order valence-corrected chi connectivity index (χ1v) is 5.53. The molecule has 1 aliphatic rings. The lowest BCUT2D eigenvalue weighted by Gasteiger charge is -2.17. The van der Waals surface area contributed by atoms with Crippen LogP contribution in [0.1, 0.15) is 25.8 Å². The van der Waals surface area contributed by atoms with E-state index in [1.165, 1.54) is 4.90 Å². The molecule has 4 heteroatoms. The van der Waals surface area contributed by atoms with Crippen molar-refractivity contribution in [3.8, 4) is 5.75 Å². The molecule has 0 unspecified atom stereocenters. The van der Waals surface area contributed by atoms with Gasteiger partial charge in [0.05, 0.1) is 12.0 Å². The lowest BCUT2D eigenvalue weighted by Crippen LogP contribution is -2.32. The second-order valence-electron chi connectivity index (χ2n) is 5.01. The molecular weight excluding hydrogens is 218 g/mol. The predicted molar refractivity (Wildman–Crippen MR) is 62.1 cm³/mol. The standard InChI is InChI=1S/C13H15NO3/c1-13(2)7-11(16)14(12(13)17)8-9-3-5-10(15)6-4-9/h3-6,15H,7-8H2,1-2H3. The molecule has 0 saturated carbocycles. The Hall–Kier alpha value is -1.84. The number of hydrogen-bond acceptors (Lipinski definition) is 3. The summed E-state index contributed by atoms with van der Waals surface area (Å²) in [5, 5.41) is 9.16. The third kappa shape index (κ3) is 2.16. The van der Waals surface area contributed by atoms with E-state index in [1.54, 1.807) is 38.1 Å². The minimum atomic E-state index is -0.589. The number of nitrogens with zero attached hydrogens (tertiary/aromatic N) is 1. The van der Waals surface area contributed by atoms with Crippen LogP contribution in [0, 0.1) is 5.41 Å². The predicted octanol–water partition coefficient (Wildman–Crippen LogP) is 1.68. The Morgan fingerprint density at radius 2 is 1.82 bits per heavy atom. The lowest BCUT2D eigenvalue weighted by molar-refractivity contribution is -0.141. The van der Waals surface area contributed by atoms with Gasteiger partial charge in [-0.25, -0.2) is 0 Å². The Bertz CT molecular complexity index is 462. The van der Waals surface area contributed by atoms with Crippen molar-refractivity contribution in [3.63, 3.8) is 0 Å².